The molecular formula is C14H19N3O2. The molecule has 19 heavy (non-hydrogen) atoms. The van der Waals surface area contributed by atoms with E-state index in [0.717, 1.165) is 11.9 Å². The van der Waals surface area contributed by atoms with Crippen molar-refractivity contribution in [3.05, 3.63) is 35.5 Å². The lowest BCUT2D eigenvalue weighted by atomic mass is 10.1. The molecule has 102 valence electrons. The first-order valence-corrected chi connectivity index (χ1v) is 6.05. The number of amides is 2. The first-order chi connectivity index (χ1) is 9.12. The fraction of sp³-hybridized carbons (Fsp3) is 0.286. The van der Waals surface area contributed by atoms with Gasteiger partial charge in [-0.3, -0.25) is 9.59 Å². The number of primary amides is 1. The molecule has 1 aromatic carbocycles. The van der Waals surface area contributed by atoms with Crippen LogP contribution < -0.4 is 11.1 Å². The fourth-order valence-electron chi connectivity index (χ4n) is 1.87. The smallest absolute Gasteiger partial charge is 0.220 e. The Morgan fingerprint density at radius 1 is 1.47 bits per heavy atom. The Balaban J connectivity index is 0.000000550. The van der Waals surface area contributed by atoms with E-state index in [1.807, 2.05) is 6.20 Å². The maximum absolute atomic E-state index is 11.2. The summed E-state index contributed by atoms with van der Waals surface area (Å²) in [6.45, 7) is 2.08. The molecule has 4 N–H and O–H groups in total. The van der Waals surface area contributed by atoms with Gasteiger partial charge in [-0.15, -0.1) is 0 Å². The summed E-state index contributed by atoms with van der Waals surface area (Å²) >= 11 is 0. The summed E-state index contributed by atoms with van der Waals surface area (Å²) in [6.07, 6.45) is 3.56. The van der Waals surface area contributed by atoms with E-state index in [1.165, 1.54) is 16.5 Å². The topological polar surface area (TPSA) is 88.0 Å². The van der Waals surface area contributed by atoms with Crippen molar-refractivity contribution >= 4 is 23.2 Å². The van der Waals surface area contributed by atoms with Crippen molar-refractivity contribution in [1.82, 2.24) is 10.3 Å². The van der Waals surface area contributed by atoms with Crippen molar-refractivity contribution in [2.75, 3.05) is 7.05 Å². The molecule has 0 saturated heterocycles. The highest BCUT2D eigenvalue weighted by Crippen LogP contribution is 2.20. The first-order valence-electron chi connectivity index (χ1n) is 6.05. The molecule has 0 spiro atoms. The molecule has 0 radical (unpaired) electrons. The quantitative estimate of drug-likeness (QED) is 0.726. The number of aryl methyl sites for hydroxylation is 2. The van der Waals surface area contributed by atoms with Gasteiger partial charge >= 0.3 is 0 Å². The Bertz CT molecular complexity index is 561. The molecule has 5 heteroatoms. The van der Waals surface area contributed by atoms with Crippen LogP contribution in [0.1, 0.15) is 17.5 Å². The van der Waals surface area contributed by atoms with Gasteiger partial charge < -0.3 is 16.0 Å². The van der Waals surface area contributed by atoms with E-state index in [9.17, 15) is 4.79 Å². The molecule has 1 heterocycles. The summed E-state index contributed by atoms with van der Waals surface area (Å²) in [5, 5.41) is 3.86. The third-order valence-electron chi connectivity index (χ3n) is 2.82. The molecule has 1 aromatic heterocycles. The van der Waals surface area contributed by atoms with Crippen LogP contribution in [0.25, 0.3) is 10.9 Å². The van der Waals surface area contributed by atoms with Gasteiger partial charge in [0, 0.05) is 30.6 Å². The number of H-pyrrole nitrogens is 1. The van der Waals surface area contributed by atoms with E-state index in [4.69, 9.17) is 4.79 Å². The normalized spacial score (nSPS) is 9.58. The molecule has 0 saturated carbocycles. The second-order valence-electron chi connectivity index (χ2n) is 4.17. The summed E-state index contributed by atoms with van der Waals surface area (Å²) in [6, 6.07) is 6.32. The van der Waals surface area contributed by atoms with Crippen LogP contribution in [0.2, 0.25) is 0 Å². The molecule has 0 fully saturated rings. The Labute approximate surface area is 112 Å². The Morgan fingerprint density at radius 2 is 2.16 bits per heavy atom. The number of carbonyl (C=O) groups excluding carboxylic acids is 2. The predicted octanol–water partition coefficient (Wildman–Crippen LogP) is 1.26. The number of nitrogens with one attached hydrogen (secondary N) is 2. The molecule has 0 unspecified atom stereocenters. The number of hydrogen-bond acceptors (Lipinski definition) is 2. The maximum Gasteiger partial charge on any atom is 0.220 e. The van der Waals surface area contributed by atoms with Crippen LogP contribution in [-0.4, -0.2) is 24.3 Å². The van der Waals surface area contributed by atoms with Crippen LogP contribution in [-0.2, 0) is 16.0 Å². The number of fused-ring (bicyclic) bond motifs is 1. The summed E-state index contributed by atoms with van der Waals surface area (Å²) in [7, 11) is 1.67. The largest absolute Gasteiger partial charge is 0.372 e. The van der Waals surface area contributed by atoms with Gasteiger partial charge in [-0.1, -0.05) is 11.6 Å². The van der Waals surface area contributed by atoms with Crippen molar-refractivity contribution in [2.24, 2.45) is 5.73 Å². The second kappa shape index (κ2) is 7.20. The van der Waals surface area contributed by atoms with Gasteiger partial charge in [-0.25, -0.2) is 0 Å². The monoisotopic (exact) mass is 261 g/mol. The average molecular weight is 261 g/mol. The molecule has 0 aliphatic carbocycles. The van der Waals surface area contributed by atoms with Crippen LogP contribution in [0.4, 0.5) is 0 Å². The van der Waals surface area contributed by atoms with Gasteiger partial charge in [-0.2, -0.15) is 0 Å². The third-order valence-corrected chi connectivity index (χ3v) is 2.82. The lowest BCUT2D eigenvalue weighted by Crippen LogP contribution is -2.17. The number of nitrogens with two attached hydrogens (primary N) is 1. The summed E-state index contributed by atoms with van der Waals surface area (Å²) in [4.78, 5) is 23.0. The lowest BCUT2D eigenvalue weighted by Gasteiger charge is -2.00. The van der Waals surface area contributed by atoms with Gasteiger partial charge in [0.05, 0.1) is 0 Å². The van der Waals surface area contributed by atoms with E-state index in [1.54, 1.807) is 7.05 Å². The summed E-state index contributed by atoms with van der Waals surface area (Å²) < 4.78 is 0. The minimum absolute atomic E-state index is 0.0852. The molecule has 0 atom stereocenters. The highest BCUT2D eigenvalue weighted by atomic mass is 16.1. The zero-order valence-electron chi connectivity index (χ0n) is 11.2. The minimum atomic E-state index is 0.0852. The summed E-state index contributed by atoms with van der Waals surface area (Å²) in [5.41, 5.74) is 7.76. The summed E-state index contributed by atoms with van der Waals surface area (Å²) in [5.74, 6) is 0.0852. The molecule has 0 aliphatic rings. The third kappa shape index (κ3) is 4.13. The van der Waals surface area contributed by atoms with Crippen LogP contribution in [0.3, 0.4) is 0 Å². The van der Waals surface area contributed by atoms with E-state index in [0.29, 0.717) is 6.42 Å². The molecule has 2 amide bonds. The van der Waals surface area contributed by atoms with Crippen molar-refractivity contribution in [1.29, 1.82) is 0 Å². The van der Waals surface area contributed by atoms with Crippen molar-refractivity contribution in [2.45, 2.75) is 19.8 Å². The molecule has 2 rings (SSSR count). The standard InChI is InChI=1S/C13H16N2O.CH3NO/c1-9-3-5-12-11(7-9)10(8-15-12)4-6-13(16)14-2;2-1-3/h3,5,7-8,15H,4,6H2,1-2H3,(H,14,16);1H,(H2,2,3). The van der Waals surface area contributed by atoms with Gasteiger partial charge in [0.1, 0.15) is 0 Å². The Morgan fingerprint density at radius 3 is 2.79 bits per heavy atom. The van der Waals surface area contributed by atoms with Crippen LogP contribution in [0.15, 0.2) is 24.4 Å². The average Bonchev–Trinajstić information content (AvgIpc) is 2.79. The van der Waals surface area contributed by atoms with E-state index < -0.39 is 0 Å². The second-order valence-corrected chi connectivity index (χ2v) is 4.17. The fourth-order valence-corrected chi connectivity index (χ4v) is 1.87. The van der Waals surface area contributed by atoms with Gasteiger partial charge in [0.25, 0.3) is 0 Å². The number of aromatic amines is 1. The number of rotatable bonds is 3. The molecule has 0 aliphatic heterocycles. The number of hydrogen-bond donors (Lipinski definition) is 3. The van der Waals surface area contributed by atoms with Crippen molar-refractivity contribution in [3.8, 4) is 0 Å². The highest BCUT2D eigenvalue weighted by Gasteiger charge is 2.05. The number of benzene rings is 1. The van der Waals surface area contributed by atoms with Crippen LogP contribution >= 0.6 is 0 Å². The van der Waals surface area contributed by atoms with Crippen LogP contribution in [0, 0.1) is 6.92 Å². The molecular weight excluding hydrogens is 242 g/mol. The number of carbonyl (C=O) groups is 2. The zero-order chi connectivity index (χ0) is 14.3. The predicted molar refractivity (Wildman–Crippen MR) is 75.7 cm³/mol. The maximum atomic E-state index is 11.2. The Hall–Kier alpha value is -2.30. The molecule has 0 bridgehead atoms. The Kier molecular flexibility index (Phi) is 5.60. The highest BCUT2D eigenvalue weighted by molar-refractivity contribution is 5.84. The van der Waals surface area contributed by atoms with Crippen molar-refractivity contribution in [3.63, 3.8) is 0 Å². The SMILES string of the molecule is CNC(=O)CCc1c[nH]c2ccc(C)cc12.NC=O. The first kappa shape index (κ1) is 14.8. The van der Waals surface area contributed by atoms with E-state index in [-0.39, 0.29) is 12.3 Å². The molecule has 5 nitrogen and oxygen atoms in total. The van der Waals surface area contributed by atoms with Crippen molar-refractivity contribution < 1.29 is 9.59 Å². The van der Waals surface area contributed by atoms with Crippen LogP contribution in [0.5, 0.6) is 0 Å². The lowest BCUT2D eigenvalue weighted by molar-refractivity contribution is -0.120. The number of aromatic nitrogens is 1. The van der Waals surface area contributed by atoms with Gasteiger partial charge in [-0.05, 0) is 31.0 Å². The van der Waals surface area contributed by atoms with Gasteiger partial charge in [0.15, 0.2) is 0 Å². The van der Waals surface area contributed by atoms with E-state index in [2.05, 4.69) is 41.2 Å². The minimum Gasteiger partial charge on any atom is -0.372 e. The zero-order valence-corrected chi connectivity index (χ0v) is 11.2. The van der Waals surface area contributed by atoms with E-state index >= 15 is 0 Å². The molecule has 2 aromatic rings. The van der Waals surface area contributed by atoms with Gasteiger partial charge in [0.2, 0.25) is 12.3 Å².